The van der Waals surface area contributed by atoms with E-state index in [1.54, 1.807) is 0 Å². The first-order valence-corrected chi connectivity index (χ1v) is 8.03. The van der Waals surface area contributed by atoms with Crippen LogP contribution in [0.2, 0.25) is 0 Å². The molecule has 2 nitrogen and oxygen atoms in total. The van der Waals surface area contributed by atoms with Crippen LogP contribution in [-0.4, -0.2) is 12.6 Å². The Balaban J connectivity index is 3.14. The van der Waals surface area contributed by atoms with Crippen molar-refractivity contribution in [1.29, 1.82) is 0 Å². The molecule has 0 saturated carbocycles. The molecule has 0 aromatic carbocycles. The molecule has 0 radical (unpaired) electrons. The van der Waals surface area contributed by atoms with Gasteiger partial charge < -0.3 is 4.74 Å². The van der Waals surface area contributed by atoms with E-state index in [0.29, 0.717) is 6.61 Å². The number of carbonyl (C=O) groups excluding carboxylic acids is 1. The lowest BCUT2D eigenvalue weighted by molar-refractivity contribution is -0.137. The van der Waals surface area contributed by atoms with Crippen molar-refractivity contribution in [3.63, 3.8) is 0 Å². The average Bonchev–Trinajstić information content (AvgIpc) is 2.44. The van der Waals surface area contributed by atoms with Crippen LogP contribution >= 0.6 is 0 Å². The van der Waals surface area contributed by atoms with Gasteiger partial charge in [0.1, 0.15) is 0 Å². The van der Waals surface area contributed by atoms with Crippen LogP contribution in [0, 0.1) is 5.92 Å². The smallest absolute Gasteiger partial charge is 0.330 e. The first-order valence-electron chi connectivity index (χ1n) is 8.03. The molecule has 0 spiro atoms. The highest BCUT2D eigenvalue weighted by Crippen LogP contribution is 2.17. The second-order valence-electron chi connectivity index (χ2n) is 5.32. The van der Waals surface area contributed by atoms with Crippen LogP contribution in [-0.2, 0) is 9.53 Å². The fraction of sp³-hybridized carbons (Fsp3) is 0.824. The number of ether oxygens (including phenoxy) is 1. The Kier molecular flexibility index (Phi) is 13.1. The van der Waals surface area contributed by atoms with E-state index in [1.807, 2.05) is 0 Å². The minimum absolute atomic E-state index is 0.304. The van der Waals surface area contributed by atoms with Crippen molar-refractivity contribution in [2.45, 2.75) is 78.1 Å². The lowest BCUT2D eigenvalue weighted by atomic mass is 9.95. The van der Waals surface area contributed by atoms with E-state index in [9.17, 15) is 4.79 Å². The summed E-state index contributed by atoms with van der Waals surface area (Å²) in [6, 6.07) is 0. The van der Waals surface area contributed by atoms with E-state index in [1.165, 1.54) is 57.4 Å². The van der Waals surface area contributed by atoms with Crippen molar-refractivity contribution in [3.8, 4) is 0 Å². The van der Waals surface area contributed by atoms with Gasteiger partial charge in [-0.15, -0.1) is 0 Å². The maximum atomic E-state index is 10.8. The molecule has 0 aromatic rings. The maximum absolute atomic E-state index is 10.8. The topological polar surface area (TPSA) is 26.3 Å². The molecule has 0 aliphatic heterocycles. The van der Waals surface area contributed by atoms with Crippen LogP contribution in [0.1, 0.15) is 78.1 Å². The standard InChI is InChI=1S/C17H32O2/c1-4-16(5-2)14-12-10-8-7-9-11-13-15-19-17(18)6-3/h6,16H,3-5,7-15H2,1-2H3. The van der Waals surface area contributed by atoms with Gasteiger partial charge in [-0.25, -0.2) is 4.79 Å². The molecule has 0 atom stereocenters. The second kappa shape index (κ2) is 13.6. The molecule has 2 heteroatoms. The van der Waals surface area contributed by atoms with Crippen molar-refractivity contribution < 1.29 is 9.53 Å². The Labute approximate surface area is 119 Å². The molecule has 112 valence electrons. The van der Waals surface area contributed by atoms with Gasteiger partial charge in [0.2, 0.25) is 0 Å². The highest BCUT2D eigenvalue weighted by Gasteiger charge is 2.02. The lowest BCUT2D eigenvalue weighted by Gasteiger charge is -2.11. The Morgan fingerprint density at radius 1 is 1.00 bits per heavy atom. The van der Waals surface area contributed by atoms with E-state index in [-0.39, 0.29) is 5.97 Å². The van der Waals surface area contributed by atoms with Crippen molar-refractivity contribution in [2.24, 2.45) is 5.92 Å². The Morgan fingerprint density at radius 2 is 1.53 bits per heavy atom. The largest absolute Gasteiger partial charge is 0.463 e. The molecule has 0 aliphatic rings. The molecule has 0 rings (SSSR count). The lowest BCUT2D eigenvalue weighted by Crippen LogP contribution is -2.01. The van der Waals surface area contributed by atoms with Gasteiger partial charge in [0.05, 0.1) is 6.61 Å². The zero-order chi connectivity index (χ0) is 14.3. The Hall–Kier alpha value is -0.790. The molecule has 0 N–H and O–H groups in total. The summed E-state index contributed by atoms with van der Waals surface area (Å²) in [5, 5.41) is 0. The fourth-order valence-electron chi connectivity index (χ4n) is 2.35. The molecular formula is C17H32O2. The van der Waals surface area contributed by atoms with Crippen LogP contribution in [0.3, 0.4) is 0 Å². The van der Waals surface area contributed by atoms with Crippen LogP contribution in [0.5, 0.6) is 0 Å². The van der Waals surface area contributed by atoms with Gasteiger partial charge >= 0.3 is 5.97 Å². The molecular weight excluding hydrogens is 236 g/mol. The highest BCUT2D eigenvalue weighted by atomic mass is 16.5. The van der Waals surface area contributed by atoms with Crippen molar-refractivity contribution in [1.82, 2.24) is 0 Å². The number of unbranched alkanes of at least 4 members (excludes halogenated alkanes) is 6. The van der Waals surface area contributed by atoms with Gasteiger partial charge in [0.15, 0.2) is 0 Å². The maximum Gasteiger partial charge on any atom is 0.330 e. The van der Waals surface area contributed by atoms with Gasteiger partial charge in [-0.1, -0.05) is 78.2 Å². The molecule has 0 aromatic heterocycles. The van der Waals surface area contributed by atoms with Gasteiger partial charge in [-0.05, 0) is 12.3 Å². The molecule has 0 fully saturated rings. The normalized spacial score (nSPS) is 10.7. The summed E-state index contributed by atoms with van der Waals surface area (Å²) >= 11 is 0. The zero-order valence-electron chi connectivity index (χ0n) is 13.0. The quantitative estimate of drug-likeness (QED) is 0.258. The van der Waals surface area contributed by atoms with E-state index >= 15 is 0 Å². The summed E-state index contributed by atoms with van der Waals surface area (Å²) in [6.07, 6.45) is 14.1. The molecule has 0 unspecified atom stereocenters. The number of carbonyl (C=O) groups is 1. The number of hydrogen-bond donors (Lipinski definition) is 0. The summed E-state index contributed by atoms with van der Waals surface area (Å²) in [6.45, 7) is 8.51. The van der Waals surface area contributed by atoms with Crippen LogP contribution < -0.4 is 0 Å². The summed E-state index contributed by atoms with van der Waals surface area (Å²) in [5.74, 6) is 0.640. The summed E-state index contributed by atoms with van der Waals surface area (Å²) in [7, 11) is 0. The van der Waals surface area contributed by atoms with Gasteiger partial charge in [-0.2, -0.15) is 0 Å². The predicted octanol–water partition coefficient (Wildman–Crippen LogP) is 5.27. The summed E-state index contributed by atoms with van der Waals surface area (Å²) in [4.78, 5) is 10.8. The Morgan fingerprint density at radius 3 is 2.05 bits per heavy atom. The number of rotatable bonds is 13. The third-order valence-corrected chi connectivity index (χ3v) is 3.82. The van der Waals surface area contributed by atoms with E-state index in [2.05, 4.69) is 20.4 Å². The molecule has 0 aliphatic carbocycles. The molecule has 0 heterocycles. The fourth-order valence-corrected chi connectivity index (χ4v) is 2.35. The number of hydrogen-bond acceptors (Lipinski definition) is 2. The first kappa shape index (κ1) is 18.2. The monoisotopic (exact) mass is 268 g/mol. The van der Waals surface area contributed by atoms with E-state index < -0.39 is 0 Å². The molecule has 19 heavy (non-hydrogen) atoms. The average molecular weight is 268 g/mol. The molecule has 0 saturated heterocycles. The highest BCUT2D eigenvalue weighted by molar-refractivity contribution is 5.81. The van der Waals surface area contributed by atoms with Crippen LogP contribution in [0.15, 0.2) is 12.7 Å². The zero-order valence-corrected chi connectivity index (χ0v) is 13.0. The van der Waals surface area contributed by atoms with Crippen LogP contribution in [0.25, 0.3) is 0 Å². The van der Waals surface area contributed by atoms with Crippen molar-refractivity contribution >= 4 is 5.97 Å². The van der Waals surface area contributed by atoms with E-state index in [0.717, 1.165) is 18.8 Å². The minimum atomic E-state index is -0.304. The SMILES string of the molecule is C=CC(=O)OCCCCCCCCCC(CC)CC. The Bertz CT molecular complexity index is 219. The van der Waals surface area contributed by atoms with Gasteiger partial charge in [0, 0.05) is 6.08 Å². The first-order chi connectivity index (χ1) is 9.24. The van der Waals surface area contributed by atoms with E-state index in [4.69, 9.17) is 4.74 Å². The minimum Gasteiger partial charge on any atom is -0.463 e. The molecule has 0 amide bonds. The van der Waals surface area contributed by atoms with Crippen molar-refractivity contribution in [3.05, 3.63) is 12.7 Å². The predicted molar refractivity (Wildman–Crippen MR) is 82.2 cm³/mol. The van der Waals surface area contributed by atoms with Gasteiger partial charge in [0.25, 0.3) is 0 Å². The third-order valence-electron chi connectivity index (χ3n) is 3.82. The van der Waals surface area contributed by atoms with Gasteiger partial charge in [-0.3, -0.25) is 0 Å². The summed E-state index contributed by atoms with van der Waals surface area (Å²) < 4.78 is 4.93. The number of esters is 1. The van der Waals surface area contributed by atoms with Crippen molar-refractivity contribution in [2.75, 3.05) is 6.61 Å². The molecule has 0 bridgehead atoms. The summed E-state index contributed by atoms with van der Waals surface area (Å²) in [5.41, 5.74) is 0. The second-order valence-corrected chi connectivity index (χ2v) is 5.32. The van der Waals surface area contributed by atoms with Crippen LogP contribution in [0.4, 0.5) is 0 Å². The third kappa shape index (κ3) is 12.0.